The van der Waals surface area contributed by atoms with Gasteiger partial charge in [0.25, 0.3) is 5.91 Å². The summed E-state index contributed by atoms with van der Waals surface area (Å²) < 4.78 is 0. The molecule has 176 valence electrons. The Hall–Kier alpha value is -3.67. The third-order valence-corrected chi connectivity index (χ3v) is 6.43. The number of carbonyl (C=O) groups is 2. The number of pyridine rings is 1. The zero-order valence-corrected chi connectivity index (χ0v) is 19.6. The second-order valence-electron chi connectivity index (χ2n) is 8.70. The molecule has 2 N–H and O–H groups in total. The molecule has 1 aliphatic heterocycles. The number of benzene rings is 2. The van der Waals surface area contributed by atoms with Gasteiger partial charge in [-0.25, -0.2) is 0 Å². The lowest BCUT2D eigenvalue weighted by Crippen LogP contribution is -2.46. The first-order valence-corrected chi connectivity index (χ1v) is 12.0. The van der Waals surface area contributed by atoms with Gasteiger partial charge >= 0.3 is 0 Å². The van der Waals surface area contributed by atoms with Crippen LogP contribution in [0.4, 0.5) is 5.69 Å². The monoisotopic (exact) mass is 456 g/mol. The van der Waals surface area contributed by atoms with Gasteiger partial charge in [0.15, 0.2) is 0 Å². The molecule has 1 aromatic heterocycles. The largest absolute Gasteiger partial charge is 0.371 e. The molecule has 0 bridgehead atoms. The quantitative estimate of drug-likeness (QED) is 0.530. The van der Waals surface area contributed by atoms with Gasteiger partial charge in [-0.1, -0.05) is 55.5 Å². The zero-order chi connectivity index (χ0) is 23.8. The van der Waals surface area contributed by atoms with E-state index in [0.29, 0.717) is 12.1 Å². The molecule has 0 saturated carbocycles. The van der Waals surface area contributed by atoms with Crippen LogP contribution in [0.3, 0.4) is 0 Å². The molecule has 3 aromatic rings. The summed E-state index contributed by atoms with van der Waals surface area (Å²) in [5.74, 6) is -0.116. The Kier molecular flexibility index (Phi) is 7.91. The van der Waals surface area contributed by atoms with Crippen molar-refractivity contribution in [1.82, 2.24) is 15.6 Å². The van der Waals surface area contributed by atoms with E-state index in [1.165, 1.54) is 0 Å². The number of nitrogens with one attached hydrogen (secondary N) is 2. The van der Waals surface area contributed by atoms with Crippen LogP contribution in [0.25, 0.3) is 0 Å². The van der Waals surface area contributed by atoms with Crippen LogP contribution < -0.4 is 15.5 Å². The van der Waals surface area contributed by atoms with Crippen molar-refractivity contribution in [2.24, 2.45) is 0 Å². The minimum absolute atomic E-state index is 0.0940. The molecule has 6 heteroatoms. The first kappa shape index (κ1) is 23.5. The lowest BCUT2D eigenvalue weighted by atomic mass is 9.94. The number of anilines is 1. The van der Waals surface area contributed by atoms with Crippen LogP contribution in [0.1, 0.15) is 53.6 Å². The van der Waals surface area contributed by atoms with Crippen molar-refractivity contribution in [1.29, 1.82) is 0 Å². The minimum Gasteiger partial charge on any atom is -0.371 e. The second kappa shape index (κ2) is 11.5. The van der Waals surface area contributed by atoms with E-state index in [-0.39, 0.29) is 23.8 Å². The summed E-state index contributed by atoms with van der Waals surface area (Å²) in [7, 11) is 0. The molecule has 1 unspecified atom stereocenters. The summed E-state index contributed by atoms with van der Waals surface area (Å²) in [6.07, 6.45) is 5.95. The fraction of sp³-hybridized carbons (Fsp3) is 0.321. The number of para-hydroxylation sites is 1. The average molecular weight is 457 g/mol. The van der Waals surface area contributed by atoms with Crippen molar-refractivity contribution < 1.29 is 9.59 Å². The Labute approximate surface area is 201 Å². The molecular formula is C28H32N4O2. The maximum Gasteiger partial charge on any atom is 0.253 e. The average Bonchev–Trinajstić information content (AvgIpc) is 2.89. The first-order chi connectivity index (χ1) is 16.7. The Morgan fingerprint density at radius 2 is 1.74 bits per heavy atom. The number of aromatic nitrogens is 1. The van der Waals surface area contributed by atoms with Crippen LogP contribution in [-0.4, -0.2) is 35.9 Å². The molecule has 34 heavy (non-hydrogen) atoms. The van der Waals surface area contributed by atoms with Gasteiger partial charge in [0.2, 0.25) is 5.91 Å². The molecule has 1 atom stereocenters. The minimum atomic E-state index is -0.122. The van der Waals surface area contributed by atoms with Crippen molar-refractivity contribution in [2.45, 2.75) is 44.7 Å². The third kappa shape index (κ3) is 5.81. The maximum absolute atomic E-state index is 12.9. The Bertz CT molecular complexity index is 1080. The molecule has 4 rings (SSSR count). The summed E-state index contributed by atoms with van der Waals surface area (Å²) in [6.45, 7) is 4.07. The van der Waals surface area contributed by atoms with Crippen LogP contribution in [-0.2, 0) is 11.3 Å². The Morgan fingerprint density at radius 3 is 2.44 bits per heavy atom. The molecule has 0 aliphatic carbocycles. The maximum atomic E-state index is 12.9. The molecule has 6 nitrogen and oxygen atoms in total. The van der Waals surface area contributed by atoms with Gasteiger partial charge in [-0.2, -0.15) is 0 Å². The number of carbonyl (C=O) groups excluding carboxylic acids is 2. The van der Waals surface area contributed by atoms with E-state index in [9.17, 15) is 9.59 Å². The topological polar surface area (TPSA) is 74.3 Å². The predicted octanol–water partition coefficient (Wildman–Crippen LogP) is 4.29. The Morgan fingerprint density at radius 1 is 1.00 bits per heavy atom. The van der Waals surface area contributed by atoms with E-state index in [4.69, 9.17) is 0 Å². The summed E-state index contributed by atoms with van der Waals surface area (Å²) in [5.41, 5.74) is 3.63. The first-order valence-electron chi connectivity index (χ1n) is 12.0. The molecule has 1 aliphatic rings. The lowest BCUT2D eigenvalue weighted by molar-refractivity contribution is -0.123. The van der Waals surface area contributed by atoms with E-state index in [2.05, 4.69) is 27.4 Å². The molecule has 1 fully saturated rings. The molecular weight excluding hydrogens is 424 g/mol. The summed E-state index contributed by atoms with van der Waals surface area (Å²) >= 11 is 0. The van der Waals surface area contributed by atoms with Gasteiger partial charge in [0.05, 0.1) is 11.5 Å². The van der Waals surface area contributed by atoms with Crippen LogP contribution in [0.15, 0.2) is 79.1 Å². The van der Waals surface area contributed by atoms with Gasteiger partial charge in [-0.15, -0.1) is 0 Å². The molecule has 0 spiro atoms. The highest BCUT2D eigenvalue weighted by Gasteiger charge is 2.26. The van der Waals surface area contributed by atoms with Crippen LogP contribution in [0.5, 0.6) is 0 Å². The van der Waals surface area contributed by atoms with Crippen molar-refractivity contribution in [2.75, 3.05) is 18.0 Å². The van der Waals surface area contributed by atoms with E-state index >= 15 is 0 Å². The molecule has 2 aromatic carbocycles. The van der Waals surface area contributed by atoms with Crippen molar-refractivity contribution in [3.05, 3.63) is 95.8 Å². The fourth-order valence-electron chi connectivity index (χ4n) is 4.55. The number of piperidine rings is 1. The molecule has 0 radical (unpaired) electrons. The third-order valence-electron chi connectivity index (χ3n) is 6.43. The fourth-order valence-corrected chi connectivity index (χ4v) is 4.55. The van der Waals surface area contributed by atoms with Gasteiger partial charge in [0.1, 0.15) is 0 Å². The van der Waals surface area contributed by atoms with Gasteiger partial charge in [0, 0.05) is 43.8 Å². The number of nitrogens with zero attached hydrogens (tertiary/aromatic N) is 2. The highest BCUT2D eigenvalue weighted by atomic mass is 16.2. The highest BCUT2D eigenvalue weighted by Crippen LogP contribution is 2.25. The predicted molar refractivity (Wildman–Crippen MR) is 135 cm³/mol. The SMILES string of the molecule is CCC(C(=O)NC1CCN(c2ccccc2C(=O)NCc2cccnc2)CC1)c1ccccc1. The summed E-state index contributed by atoms with van der Waals surface area (Å²) in [5, 5.41) is 6.27. The standard InChI is InChI=1S/C28H32N4O2/c1-2-24(22-10-4-3-5-11-22)28(34)31-23-14-17-32(18-15-23)26-13-7-6-12-25(26)27(33)30-20-21-9-8-16-29-19-21/h3-13,16,19,23-24H,2,14-15,17-18,20H2,1H3,(H,30,33)(H,31,34). The molecule has 2 amide bonds. The van der Waals surface area contributed by atoms with Gasteiger partial charge in [-0.05, 0) is 48.6 Å². The Balaban J connectivity index is 1.34. The van der Waals surface area contributed by atoms with Crippen molar-refractivity contribution in [3.63, 3.8) is 0 Å². The van der Waals surface area contributed by atoms with E-state index < -0.39 is 0 Å². The van der Waals surface area contributed by atoms with Gasteiger partial charge in [-0.3, -0.25) is 14.6 Å². The second-order valence-corrected chi connectivity index (χ2v) is 8.70. The van der Waals surface area contributed by atoms with Gasteiger partial charge < -0.3 is 15.5 Å². The van der Waals surface area contributed by atoms with E-state index in [0.717, 1.165) is 49.2 Å². The van der Waals surface area contributed by atoms with Crippen molar-refractivity contribution >= 4 is 17.5 Å². The van der Waals surface area contributed by atoms with Crippen molar-refractivity contribution in [3.8, 4) is 0 Å². The zero-order valence-electron chi connectivity index (χ0n) is 19.6. The lowest BCUT2D eigenvalue weighted by Gasteiger charge is -2.35. The number of hydrogen-bond donors (Lipinski definition) is 2. The number of hydrogen-bond acceptors (Lipinski definition) is 4. The molecule has 2 heterocycles. The number of rotatable bonds is 8. The smallest absolute Gasteiger partial charge is 0.253 e. The van der Waals surface area contributed by atoms with E-state index in [1.807, 2.05) is 66.7 Å². The van der Waals surface area contributed by atoms with Crippen LogP contribution >= 0.6 is 0 Å². The van der Waals surface area contributed by atoms with E-state index in [1.54, 1.807) is 12.4 Å². The normalized spacial score (nSPS) is 14.9. The highest BCUT2D eigenvalue weighted by molar-refractivity contribution is 5.99. The molecule has 1 saturated heterocycles. The van der Waals surface area contributed by atoms with Crippen LogP contribution in [0, 0.1) is 0 Å². The summed E-state index contributed by atoms with van der Waals surface area (Å²) in [6, 6.07) is 21.7. The van der Waals surface area contributed by atoms with Crippen LogP contribution in [0.2, 0.25) is 0 Å². The number of amides is 2. The summed E-state index contributed by atoms with van der Waals surface area (Å²) in [4.78, 5) is 32.2.